The average Bonchev–Trinajstić information content (AvgIpc) is 2.98. The summed E-state index contributed by atoms with van der Waals surface area (Å²) in [7, 11) is 2.00. The lowest BCUT2D eigenvalue weighted by atomic mass is 10.0. The van der Waals surface area contributed by atoms with E-state index in [9.17, 15) is 0 Å². The van der Waals surface area contributed by atoms with Gasteiger partial charge in [-0.15, -0.1) is 11.3 Å². The Morgan fingerprint density at radius 3 is 2.74 bits per heavy atom. The normalized spacial score (nSPS) is 15.5. The van der Waals surface area contributed by atoms with Crippen LogP contribution in [0.1, 0.15) is 34.0 Å². The number of nitrogens with one attached hydrogen (secondary N) is 1. The average molecular weight is 357 g/mol. The SMILES string of the molecule is CNC(c1ccc2c(c1)CCC2)c1cc(Br)c(Cl)s1. The lowest BCUT2D eigenvalue weighted by Crippen LogP contribution is -2.16. The third kappa shape index (κ3) is 2.62. The fourth-order valence-electron chi connectivity index (χ4n) is 2.75. The third-order valence-electron chi connectivity index (χ3n) is 3.69. The molecule has 2 aromatic rings. The van der Waals surface area contributed by atoms with Crippen molar-refractivity contribution in [3.8, 4) is 0 Å². The highest BCUT2D eigenvalue weighted by Crippen LogP contribution is 2.38. The number of aryl methyl sites for hydroxylation is 2. The van der Waals surface area contributed by atoms with Gasteiger partial charge >= 0.3 is 0 Å². The van der Waals surface area contributed by atoms with Gasteiger partial charge in [-0.05, 0) is 65.0 Å². The molecular weight excluding hydrogens is 342 g/mol. The first-order valence-corrected chi connectivity index (χ1v) is 8.41. The largest absolute Gasteiger partial charge is 0.309 e. The van der Waals surface area contributed by atoms with Gasteiger partial charge in [0.1, 0.15) is 4.34 Å². The van der Waals surface area contributed by atoms with Gasteiger partial charge in [-0.25, -0.2) is 0 Å². The van der Waals surface area contributed by atoms with E-state index in [0.29, 0.717) is 0 Å². The van der Waals surface area contributed by atoms with Gasteiger partial charge in [0.05, 0.1) is 6.04 Å². The van der Waals surface area contributed by atoms with Crippen LogP contribution in [0.4, 0.5) is 0 Å². The Morgan fingerprint density at radius 2 is 2.05 bits per heavy atom. The van der Waals surface area contributed by atoms with Gasteiger partial charge in [-0.2, -0.15) is 0 Å². The van der Waals surface area contributed by atoms with Crippen LogP contribution in [0.25, 0.3) is 0 Å². The zero-order valence-electron chi connectivity index (χ0n) is 10.7. The number of hydrogen-bond acceptors (Lipinski definition) is 2. The predicted molar refractivity (Wildman–Crippen MR) is 86.4 cm³/mol. The summed E-state index contributed by atoms with van der Waals surface area (Å²) >= 11 is 11.3. The van der Waals surface area contributed by atoms with Crippen LogP contribution in [-0.4, -0.2) is 7.05 Å². The monoisotopic (exact) mass is 355 g/mol. The van der Waals surface area contributed by atoms with Crippen molar-refractivity contribution in [2.24, 2.45) is 0 Å². The van der Waals surface area contributed by atoms with E-state index < -0.39 is 0 Å². The topological polar surface area (TPSA) is 12.0 Å². The summed E-state index contributed by atoms with van der Waals surface area (Å²) in [6.45, 7) is 0. The molecule has 3 rings (SSSR count). The van der Waals surface area contributed by atoms with E-state index in [2.05, 4.69) is 45.5 Å². The molecule has 19 heavy (non-hydrogen) atoms. The molecule has 1 atom stereocenters. The summed E-state index contributed by atoms with van der Waals surface area (Å²) < 4.78 is 1.80. The van der Waals surface area contributed by atoms with Crippen LogP contribution in [0, 0.1) is 0 Å². The van der Waals surface area contributed by atoms with Gasteiger partial charge in [0.25, 0.3) is 0 Å². The van der Waals surface area contributed by atoms with Crippen molar-refractivity contribution >= 4 is 38.9 Å². The molecule has 1 aliphatic rings. The van der Waals surface area contributed by atoms with Crippen LogP contribution >= 0.6 is 38.9 Å². The molecule has 1 heterocycles. The van der Waals surface area contributed by atoms with Crippen LogP contribution in [0.15, 0.2) is 28.7 Å². The minimum atomic E-state index is 0.222. The van der Waals surface area contributed by atoms with E-state index in [1.54, 1.807) is 11.3 Å². The molecule has 1 N–H and O–H groups in total. The van der Waals surface area contributed by atoms with Gasteiger partial charge < -0.3 is 5.32 Å². The van der Waals surface area contributed by atoms with Gasteiger partial charge in [-0.1, -0.05) is 29.8 Å². The number of thiophene rings is 1. The van der Waals surface area contributed by atoms with E-state index in [1.807, 2.05) is 7.05 Å². The smallest absolute Gasteiger partial charge is 0.107 e. The maximum Gasteiger partial charge on any atom is 0.107 e. The summed E-state index contributed by atoms with van der Waals surface area (Å²) in [5.41, 5.74) is 4.36. The predicted octanol–water partition coefficient (Wildman–Crippen LogP) is 4.96. The molecule has 1 unspecified atom stereocenters. The zero-order valence-corrected chi connectivity index (χ0v) is 13.8. The molecule has 1 aromatic heterocycles. The summed E-state index contributed by atoms with van der Waals surface area (Å²) in [5, 5.41) is 3.40. The number of benzene rings is 1. The number of rotatable bonds is 3. The Morgan fingerprint density at radius 1 is 1.26 bits per heavy atom. The van der Waals surface area contributed by atoms with Crippen LogP contribution in [0.5, 0.6) is 0 Å². The molecule has 0 radical (unpaired) electrons. The molecule has 100 valence electrons. The molecule has 0 saturated carbocycles. The Kier molecular flexibility index (Phi) is 3.99. The maximum absolute atomic E-state index is 6.16. The van der Waals surface area contributed by atoms with Gasteiger partial charge in [0.2, 0.25) is 0 Å². The first-order valence-electron chi connectivity index (χ1n) is 6.42. The molecular formula is C15H15BrClNS. The summed E-state index contributed by atoms with van der Waals surface area (Å²) in [5.74, 6) is 0. The van der Waals surface area contributed by atoms with E-state index >= 15 is 0 Å². The van der Waals surface area contributed by atoms with E-state index in [1.165, 1.54) is 40.8 Å². The molecule has 1 aromatic carbocycles. The lowest BCUT2D eigenvalue weighted by molar-refractivity contribution is 0.702. The van der Waals surface area contributed by atoms with Gasteiger partial charge in [0, 0.05) is 9.35 Å². The van der Waals surface area contributed by atoms with E-state index in [4.69, 9.17) is 11.6 Å². The molecule has 0 saturated heterocycles. The Hall–Kier alpha value is -0.350. The van der Waals surface area contributed by atoms with Crippen LogP contribution in [0.3, 0.4) is 0 Å². The molecule has 0 spiro atoms. The second-order valence-electron chi connectivity index (χ2n) is 4.87. The molecule has 1 nitrogen and oxygen atoms in total. The molecule has 0 amide bonds. The molecule has 0 fully saturated rings. The number of fused-ring (bicyclic) bond motifs is 1. The third-order valence-corrected chi connectivity index (χ3v) is 6.23. The van der Waals surface area contributed by atoms with Crippen molar-refractivity contribution in [3.63, 3.8) is 0 Å². The maximum atomic E-state index is 6.16. The minimum Gasteiger partial charge on any atom is -0.309 e. The second-order valence-corrected chi connectivity index (χ2v) is 7.41. The highest BCUT2D eigenvalue weighted by atomic mass is 79.9. The summed E-state index contributed by atoms with van der Waals surface area (Å²) in [4.78, 5) is 1.25. The van der Waals surface area contributed by atoms with Crippen molar-refractivity contribution in [2.75, 3.05) is 7.05 Å². The molecule has 0 aliphatic heterocycles. The first kappa shape index (κ1) is 13.6. The minimum absolute atomic E-state index is 0.222. The van der Waals surface area contributed by atoms with Crippen molar-refractivity contribution in [3.05, 3.63) is 54.6 Å². The summed E-state index contributed by atoms with van der Waals surface area (Å²) in [6, 6.07) is 9.21. The van der Waals surface area contributed by atoms with Gasteiger partial charge in [0.15, 0.2) is 0 Å². The Labute approximate surface area is 131 Å². The highest BCUT2D eigenvalue weighted by molar-refractivity contribution is 9.10. The van der Waals surface area contributed by atoms with E-state index in [-0.39, 0.29) is 6.04 Å². The Balaban J connectivity index is 1.98. The van der Waals surface area contributed by atoms with Crippen LogP contribution in [0.2, 0.25) is 4.34 Å². The lowest BCUT2D eigenvalue weighted by Gasteiger charge is -2.16. The highest BCUT2D eigenvalue weighted by Gasteiger charge is 2.19. The van der Waals surface area contributed by atoms with Gasteiger partial charge in [-0.3, -0.25) is 0 Å². The summed E-state index contributed by atoms with van der Waals surface area (Å²) in [6.07, 6.45) is 3.74. The first-order chi connectivity index (χ1) is 9.19. The zero-order chi connectivity index (χ0) is 13.4. The van der Waals surface area contributed by atoms with Crippen LogP contribution < -0.4 is 5.32 Å². The molecule has 0 bridgehead atoms. The van der Waals surface area contributed by atoms with Crippen molar-refractivity contribution < 1.29 is 0 Å². The quantitative estimate of drug-likeness (QED) is 0.819. The van der Waals surface area contributed by atoms with E-state index in [0.717, 1.165) is 8.81 Å². The molecule has 4 heteroatoms. The van der Waals surface area contributed by atoms with Crippen molar-refractivity contribution in [1.82, 2.24) is 5.32 Å². The standard InChI is InChI=1S/C15H15BrClNS/c1-18-14(13-8-12(16)15(17)19-13)11-6-5-9-3-2-4-10(9)7-11/h5-8,14,18H,2-4H2,1H3. The van der Waals surface area contributed by atoms with Crippen LogP contribution in [-0.2, 0) is 12.8 Å². The second kappa shape index (κ2) is 5.57. The number of hydrogen-bond donors (Lipinski definition) is 1. The Bertz CT molecular complexity index is 589. The fourth-order valence-corrected chi connectivity index (χ4v) is 4.62. The number of halogens is 2. The van der Waals surface area contributed by atoms with Crippen molar-refractivity contribution in [1.29, 1.82) is 0 Å². The van der Waals surface area contributed by atoms with Crippen molar-refractivity contribution in [2.45, 2.75) is 25.3 Å². The fraction of sp³-hybridized carbons (Fsp3) is 0.333. The molecule has 1 aliphatic carbocycles.